The summed E-state index contributed by atoms with van der Waals surface area (Å²) in [7, 11) is 1.62. The molecule has 0 unspecified atom stereocenters. The maximum Gasteiger partial charge on any atom is 0.225 e. The normalized spacial score (nSPS) is 18.1. The Morgan fingerprint density at radius 1 is 0.731 bits per heavy atom. The van der Waals surface area contributed by atoms with E-state index in [0.717, 1.165) is 56.9 Å². The van der Waals surface area contributed by atoms with Crippen LogP contribution in [0, 0.1) is 0 Å². The lowest BCUT2D eigenvalue weighted by atomic mass is 10.1. The first-order valence-electron chi connectivity index (χ1n) is 9.28. The molecule has 0 amide bonds. The zero-order valence-electron chi connectivity index (χ0n) is 15.2. The number of ether oxygens (including phenoxy) is 1. The summed E-state index contributed by atoms with van der Waals surface area (Å²) in [6.45, 7) is 5.67. The predicted octanol–water partition coefficient (Wildman–Crippen LogP) is 1.59. The molecular formula is C18H25N7O. The number of anilines is 3. The van der Waals surface area contributed by atoms with Gasteiger partial charge in [0.05, 0.1) is 19.5 Å². The molecule has 0 saturated carbocycles. The molecule has 138 valence electrons. The van der Waals surface area contributed by atoms with Crippen LogP contribution in [0.3, 0.4) is 0 Å². The van der Waals surface area contributed by atoms with Crippen molar-refractivity contribution in [3.05, 3.63) is 24.5 Å². The summed E-state index contributed by atoms with van der Waals surface area (Å²) in [4.78, 5) is 15.5. The van der Waals surface area contributed by atoms with Crippen molar-refractivity contribution in [2.75, 3.05) is 61.1 Å². The smallest absolute Gasteiger partial charge is 0.225 e. The molecule has 4 rings (SSSR count). The molecule has 26 heavy (non-hydrogen) atoms. The highest BCUT2D eigenvalue weighted by molar-refractivity contribution is 5.47. The Morgan fingerprint density at radius 2 is 1.27 bits per heavy atom. The average Bonchev–Trinajstić information content (AvgIpc) is 2.75. The summed E-state index contributed by atoms with van der Waals surface area (Å²) in [6.07, 6.45) is 7.24. The molecule has 2 aromatic rings. The summed E-state index contributed by atoms with van der Waals surface area (Å²) in [5.74, 6) is 3.37. The van der Waals surface area contributed by atoms with Gasteiger partial charge in [-0.1, -0.05) is 0 Å². The minimum absolute atomic E-state index is 0.677. The molecule has 2 aliphatic heterocycles. The second kappa shape index (κ2) is 7.72. The Labute approximate surface area is 153 Å². The number of piperidine rings is 1. The molecule has 8 heteroatoms. The molecule has 0 bridgehead atoms. The van der Waals surface area contributed by atoms with Crippen LogP contribution in [0.2, 0.25) is 0 Å². The highest BCUT2D eigenvalue weighted by Gasteiger charge is 2.21. The summed E-state index contributed by atoms with van der Waals surface area (Å²) >= 11 is 0. The predicted molar refractivity (Wildman–Crippen MR) is 101 cm³/mol. The minimum atomic E-state index is 0.677. The molecule has 2 saturated heterocycles. The van der Waals surface area contributed by atoms with Crippen LogP contribution in [0.15, 0.2) is 24.5 Å². The van der Waals surface area contributed by atoms with E-state index in [1.54, 1.807) is 19.5 Å². The van der Waals surface area contributed by atoms with Crippen molar-refractivity contribution in [3.8, 4) is 5.75 Å². The van der Waals surface area contributed by atoms with Gasteiger partial charge in [-0.3, -0.25) is 0 Å². The van der Waals surface area contributed by atoms with E-state index in [2.05, 4.69) is 47.0 Å². The van der Waals surface area contributed by atoms with Crippen LogP contribution in [0.5, 0.6) is 5.75 Å². The van der Waals surface area contributed by atoms with Gasteiger partial charge < -0.3 is 19.4 Å². The fourth-order valence-electron chi connectivity index (χ4n) is 3.49. The monoisotopic (exact) mass is 355 g/mol. The molecule has 2 aromatic heterocycles. The van der Waals surface area contributed by atoms with Gasteiger partial charge in [0.25, 0.3) is 0 Å². The molecule has 8 nitrogen and oxygen atoms in total. The third-order valence-corrected chi connectivity index (χ3v) is 5.05. The quantitative estimate of drug-likeness (QED) is 0.819. The Bertz CT molecular complexity index is 692. The molecule has 0 atom stereocenters. The van der Waals surface area contributed by atoms with Crippen LogP contribution in [-0.2, 0) is 0 Å². The van der Waals surface area contributed by atoms with Crippen LogP contribution in [0.1, 0.15) is 19.3 Å². The third kappa shape index (κ3) is 3.63. The largest absolute Gasteiger partial charge is 0.494 e. The Hall–Kier alpha value is -2.64. The molecule has 0 radical (unpaired) electrons. The van der Waals surface area contributed by atoms with E-state index in [-0.39, 0.29) is 0 Å². The van der Waals surface area contributed by atoms with Gasteiger partial charge in [-0.25, -0.2) is 9.97 Å². The van der Waals surface area contributed by atoms with Crippen LogP contribution in [-0.4, -0.2) is 66.5 Å². The van der Waals surface area contributed by atoms with Crippen LogP contribution in [0.4, 0.5) is 17.6 Å². The number of methoxy groups -OCH3 is 1. The summed E-state index contributed by atoms with van der Waals surface area (Å²) in [5.41, 5.74) is 0. The van der Waals surface area contributed by atoms with Gasteiger partial charge in [-0.15, -0.1) is 10.2 Å². The van der Waals surface area contributed by atoms with Gasteiger partial charge in [-0.05, 0) is 31.4 Å². The van der Waals surface area contributed by atoms with Gasteiger partial charge in [0.1, 0.15) is 0 Å². The highest BCUT2D eigenvalue weighted by Crippen LogP contribution is 2.21. The van der Waals surface area contributed by atoms with Crippen LogP contribution >= 0.6 is 0 Å². The summed E-state index contributed by atoms with van der Waals surface area (Å²) in [5, 5.41) is 8.92. The fraction of sp³-hybridized carbons (Fsp3) is 0.556. The number of aromatic nitrogens is 4. The number of hydrogen-bond acceptors (Lipinski definition) is 8. The molecule has 0 spiro atoms. The van der Waals surface area contributed by atoms with Gasteiger partial charge in [0.2, 0.25) is 5.95 Å². The lowest BCUT2D eigenvalue weighted by molar-refractivity contribution is 0.410. The van der Waals surface area contributed by atoms with Crippen molar-refractivity contribution >= 4 is 17.6 Å². The topological polar surface area (TPSA) is 70.5 Å². The SMILES string of the molecule is COc1cnc(N2CCN(c3ccc(N4CCCCC4)nn3)CC2)nc1. The molecular weight excluding hydrogens is 330 g/mol. The van der Waals surface area contributed by atoms with Crippen molar-refractivity contribution in [2.24, 2.45) is 0 Å². The second-order valence-electron chi connectivity index (χ2n) is 6.69. The van der Waals surface area contributed by atoms with Gasteiger partial charge >= 0.3 is 0 Å². The minimum Gasteiger partial charge on any atom is -0.494 e. The average molecular weight is 355 g/mol. The van der Waals surface area contributed by atoms with Crippen molar-refractivity contribution in [2.45, 2.75) is 19.3 Å². The highest BCUT2D eigenvalue weighted by atomic mass is 16.5. The van der Waals surface area contributed by atoms with E-state index < -0.39 is 0 Å². The first kappa shape index (κ1) is 16.8. The maximum atomic E-state index is 5.11. The molecule has 2 aliphatic rings. The van der Waals surface area contributed by atoms with E-state index in [9.17, 15) is 0 Å². The first-order valence-corrected chi connectivity index (χ1v) is 9.28. The summed E-state index contributed by atoms with van der Waals surface area (Å²) in [6, 6.07) is 4.20. The lowest BCUT2D eigenvalue weighted by Gasteiger charge is -2.35. The Morgan fingerprint density at radius 3 is 1.81 bits per heavy atom. The van der Waals surface area contributed by atoms with E-state index in [4.69, 9.17) is 4.74 Å². The number of nitrogens with zero attached hydrogens (tertiary/aromatic N) is 7. The van der Waals surface area contributed by atoms with Gasteiger partial charge in [0.15, 0.2) is 17.4 Å². The Balaban J connectivity index is 1.35. The molecule has 0 N–H and O–H groups in total. The zero-order chi connectivity index (χ0) is 17.8. The molecule has 4 heterocycles. The van der Waals surface area contributed by atoms with Crippen molar-refractivity contribution < 1.29 is 4.74 Å². The van der Waals surface area contributed by atoms with Crippen molar-refractivity contribution in [1.82, 2.24) is 20.2 Å². The number of piperazine rings is 1. The van der Waals surface area contributed by atoms with E-state index >= 15 is 0 Å². The van der Waals surface area contributed by atoms with E-state index in [1.165, 1.54) is 19.3 Å². The maximum absolute atomic E-state index is 5.11. The molecule has 2 fully saturated rings. The molecule has 0 aliphatic carbocycles. The summed E-state index contributed by atoms with van der Waals surface area (Å²) < 4.78 is 5.11. The Kier molecular flexibility index (Phi) is 4.99. The second-order valence-corrected chi connectivity index (χ2v) is 6.69. The van der Waals surface area contributed by atoms with Crippen LogP contribution in [0.25, 0.3) is 0 Å². The lowest BCUT2D eigenvalue weighted by Crippen LogP contribution is -2.47. The molecule has 0 aromatic carbocycles. The standard InChI is InChI=1S/C18H25N7O/c1-26-15-13-19-18(20-14-15)25-11-9-24(10-12-25)17-6-5-16(21-22-17)23-7-3-2-4-8-23/h5-6,13-14H,2-4,7-12H2,1H3. The first-order chi connectivity index (χ1) is 12.8. The number of rotatable bonds is 4. The number of hydrogen-bond donors (Lipinski definition) is 0. The van der Waals surface area contributed by atoms with Crippen molar-refractivity contribution in [1.29, 1.82) is 0 Å². The van der Waals surface area contributed by atoms with Crippen molar-refractivity contribution in [3.63, 3.8) is 0 Å². The van der Waals surface area contributed by atoms with Crippen LogP contribution < -0.4 is 19.4 Å². The van der Waals surface area contributed by atoms with E-state index in [0.29, 0.717) is 5.75 Å². The fourth-order valence-corrected chi connectivity index (χ4v) is 3.49. The van der Waals surface area contributed by atoms with Gasteiger partial charge in [-0.2, -0.15) is 0 Å². The van der Waals surface area contributed by atoms with E-state index in [1.807, 2.05) is 0 Å². The van der Waals surface area contributed by atoms with Gasteiger partial charge in [0, 0.05) is 39.3 Å². The third-order valence-electron chi connectivity index (χ3n) is 5.05. The zero-order valence-corrected chi connectivity index (χ0v) is 15.2.